The maximum Gasteiger partial charge on any atom is 0.276 e. The van der Waals surface area contributed by atoms with Gasteiger partial charge in [-0.05, 0) is 31.2 Å². The Morgan fingerprint density at radius 3 is 2.57 bits per heavy atom. The molecule has 0 bridgehead atoms. The van der Waals surface area contributed by atoms with Gasteiger partial charge in [-0.25, -0.2) is 13.4 Å². The second-order valence-corrected chi connectivity index (χ2v) is 9.75. The fraction of sp³-hybridized carbons (Fsp3) is 0.200. The van der Waals surface area contributed by atoms with E-state index in [0.29, 0.717) is 23.7 Å². The zero-order valence-electron chi connectivity index (χ0n) is 16.0. The van der Waals surface area contributed by atoms with Gasteiger partial charge in [0.25, 0.3) is 5.91 Å². The van der Waals surface area contributed by atoms with Crippen molar-refractivity contribution in [1.29, 1.82) is 0 Å². The van der Waals surface area contributed by atoms with Gasteiger partial charge in [0.1, 0.15) is 5.69 Å². The molecule has 0 saturated heterocycles. The number of ketones is 1. The van der Waals surface area contributed by atoms with Crippen LogP contribution in [0.2, 0.25) is 0 Å². The third kappa shape index (κ3) is 4.02. The largest absolute Gasteiger partial charge is 0.296 e. The summed E-state index contributed by atoms with van der Waals surface area (Å²) < 4.78 is 27.4. The summed E-state index contributed by atoms with van der Waals surface area (Å²) in [4.78, 5) is 33.1. The summed E-state index contributed by atoms with van der Waals surface area (Å²) in [5.41, 5.74) is 1.53. The second kappa shape index (κ2) is 8.05. The number of pyridine rings is 1. The number of fused-ring (bicyclic) bond motifs is 1. The van der Waals surface area contributed by atoms with Crippen LogP contribution in [-0.4, -0.2) is 40.9 Å². The molecule has 1 aliphatic heterocycles. The molecule has 30 heavy (non-hydrogen) atoms. The summed E-state index contributed by atoms with van der Waals surface area (Å²) in [7, 11) is -3.70. The third-order valence-electron chi connectivity index (χ3n) is 4.71. The van der Waals surface area contributed by atoms with Gasteiger partial charge < -0.3 is 0 Å². The number of hydrogen-bond acceptors (Lipinski definition) is 7. The van der Waals surface area contributed by atoms with E-state index in [9.17, 15) is 18.0 Å². The lowest BCUT2D eigenvalue weighted by atomic mass is 10.2. The molecular weight excluding hydrogens is 424 g/mol. The number of rotatable bonds is 5. The van der Waals surface area contributed by atoms with Gasteiger partial charge in [-0.15, -0.1) is 11.3 Å². The molecule has 0 saturated carbocycles. The van der Waals surface area contributed by atoms with Crippen LogP contribution in [0.25, 0.3) is 0 Å². The SMILES string of the molecule is CC(=O)c1ccc(S(=O)(=O)N2CCc3nc(NC(=O)c4ccccn4)sc3C2)cc1. The van der Waals surface area contributed by atoms with Crippen LogP contribution in [0.4, 0.5) is 5.13 Å². The van der Waals surface area contributed by atoms with Gasteiger partial charge in [0, 0.05) is 29.6 Å². The number of carbonyl (C=O) groups excluding carboxylic acids is 2. The number of carbonyl (C=O) groups is 2. The van der Waals surface area contributed by atoms with Crippen LogP contribution >= 0.6 is 11.3 Å². The first kappa shape index (κ1) is 20.3. The van der Waals surface area contributed by atoms with Gasteiger partial charge >= 0.3 is 0 Å². The summed E-state index contributed by atoms with van der Waals surface area (Å²) in [6.45, 7) is 1.91. The zero-order valence-corrected chi connectivity index (χ0v) is 17.7. The molecule has 0 spiro atoms. The first-order chi connectivity index (χ1) is 14.3. The Labute approximate surface area is 177 Å². The summed E-state index contributed by atoms with van der Waals surface area (Å²) in [6, 6.07) is 11.0. The Morgan fingerprint density at radius 1 is 1.13 bits per heavy atom. The van der Waals surface area contributed by atoms with Crippen molar-refractivity contribution in [3.05, 3.63) is 70.5 Å². The molecule has 10 heteroatoms. The first-order valence-electron chi connectivity index (χ1n) is 9.17. The van der Waals surface area contributed by atoms with Crippen molar-refractivity contribution < 1.29 is 18.0 Å². The van der Waals surface area contributed by atoms with Gasteiger partial charge in [0.2, 0.25) is 10.0 Å². The molecule has 0 aliphatic carbocycles. The Bertz CT molecular complexity index is 1210. The number of Topliss-reactive ketones (excluding diaryl/α,β-unsaturated/α-hetero) is 1. The van der Waals surface area contributed by atoms with Crippen molar-refractivity contribution in [2.75, 3.05) is 11.9 Å². The molecule has 0 radical (unpaired) electrons. The summed E-state index contributed by atoms with van der Waals surface area (Å²) in [5, 5.41) is 3.14. The number of thiazole rings is 1. The summed E-state index contributed by atoms with van der Waals surface area (Å²) in [5.74, 6) is -0.483. The van der Waals surface area contributed by atoms with Crippen molar-refractivity contribution in [2.24, 2.45) is 0 Å². The molecule has 0 fully saturated rings. The number of amides is 1. The average Bonchev–Trinajstić information content (AvgIpc) is 3.15. The smallest absolute Gasteiger partial charge is 0.276 e. The molecule has 3 aromatic rings. The lowest BCUT2D eigenvalue weighted by Crippen LogP contribution is -2.35. The van der Waals surface area contributed by atoms with E-state index in [1.54, 1.807) is 18.2 Å². The zero-order chi connectivity index (χ0) is 21.3. The highest BCUT2D eigenvalue weighted by Crippen LogP contribution is 2.31. The van der Waals surface area contributed by atoms with E-state index in [1.807, 2.05) is 0 Å². The predicted molar refractivity (Wildman–Crippen MR) is 112 cm³/mol. The molecular formula is C20H18N4O4S2. The monoisotopic (exact) mass is 442 g/mol. The highest BCUT2D eigenvalue weighted by molar-refractivity contribution is 7.89. The van der Waals surface area contributed by atoms with Crippen molar-refractivity contribution in [1.82, 2.24) is 14.3 Å². The molecule has 8 nitrogen and oxygen atoms in total. The second-order valence-electron chi connectivity index (χ2n) is 6.73. The molecule has 2 aromatic heterocycles. The van der Waals surface area contributed by atoms with E-state index in [-0.39, 0.29) is 28.8 Å². The summed E-state index contributed by atoms with van der Waals surface area (Å²) in [6.07, 6.45) is 1.99. The lowest BCUT2D eigenvalue weighted by Gasteiger charge is -2.25. The van der Waals surface area contributed by atoms with Gasteiger partial charge in [-0.1, -0.05) is 18.2 Å². The number of anilines is 1. The Balaban J connectivity index is 1.51. The van der Waals surface area contributed by atoms with Crippen LogP contribution in [0.15, 0.2) is 53.6 Å². The minimum Gasteiger partial charge on any atom is -0.296 e. The Morgan fingerprint density at radius 2 is 1.90 bits per heavy atom. The lowest BCUT2D eigenvalue weighted by molar-refractivity contribution is 0.101. The first-order valence-corrected chi connectivity index (χ1v) is 11.4. The molecule has 0 unspecified atom stereocenters. The molecule has 3 heterocycles. The van der Waals surface area contributed by atoms with E-state index < -0.39 is 10.0 Å². The third-order valence-corrected chi connectivity index (χ3v) is 7.57. The number of benzene rings is 1. The number of nitrogens with zero attached hydrogens (tertiary/aromatic N) is 3. The van der Waals surface area contributed by atoms with E-state index >= 15 is 0 Å². The minimum absolute atomic E-state index is 0.119. The van der Waals surface area contributed by atoms with Gasteiger partial charge in [-0.2, -0.15) is 4.31 Å². The predicted octanol–water partition coefficient (Wildman–Crippen LogP) is 2.74. The van der Waals surface area contributed by atoms with Crippen molar-refractivity contribution in [3.63, 3.8) is 0 Å². The highest BCUT2D eigenvalue weighted by Gasteiger charge is 2.30. The fourth-order valence-corrected chi connectivity index (χ4v) is 5.61. The molecule has 154 valence electrons. The van der Waals surface area contributed by atoms with Crippen molar-refractivity contribution in [3.8, 4) is 0 Å². The van der Waals surface area contributed by atoms with Crippen molar-refractivity contribution >= 4 is 38.2 Å². The van der Waals surface area contributed by atoms with Gasteiger partial charge in [0.05, 0.1) is 17.1 Å². The minimum atomic E-state index is -3.70. The van der Waals surface area contributed by atoms with Crippen molar-refractivity contribution in [2.45, 2.75) is 24.8 Å². The molecule has 1 aliphatic rings. The van der Waals surface area contributed by atoms with Gasteiger partial charge in [-0.3, -0.25) is 19.9 Å². The molecule has 1 N–H and O–H groups in total. The van der Waals surface area contributed by atoms with E-state index in [0.717, 1.165) is 10.6 Å². The van der Waals surface area contributed by atoms with Crippen LogP contribution < -0.4 is 5.32 Å². The molecule has 1 amide bonds. The number of aromatic nitrogens is 2. The van der Waals surface area contributed by atoms with Crippen LogP contribution in [-0.2, 0) is 23.0 Å². The Hall–Kier alpha value is -2.95. The van der Waals surface area contributed by atoms with Crippen LogP contribution in [0, 0.1) is 0 Å². The number of hydrogen-bond donors (Lipinski definition) is 1. The van der Waals surface area contributed by atoms with E-state index in [4.69, 9.17) is 0 Å². The van der Waals surface area contributed by atoms with E-state index in [1.165, 1.54) is 53.0 Å². The fourth-order valence-electron chi connectivity index (χ4n) is 3.10. The van der Waals surface area contributed by atoms with Crippen LogP contribution in [0.5, 0.6) is 0 Å². The maximum absolute atomic E-state index is 13.0. The number of sulfonamides is 1. The maximum atomic E-state index is 13.0. The van der Waals surface area contributed by atoms with Gasteiger partial charge in [0.15, 0.2) is 10.9 Å². The van der Waals surface area contributed by atoms with E-state index in [2.05, 4.69) is 15.3 Å². The number of nitrogens with one attached hydrogen (secondary N) is 1. The topological polar surface area (TPSA) is 109 Å². The normalized spacial score (nSPS) is 14.2. The van der Waals surface area contributed by atoms with Crippen LogP contribution in [0.1, 0.15) is 38.3 Å². The average molecular weight is 443 g/mol. The molecule has 0 atom stereocenters. The Kier molecular flexibility index (Phi) is 5.46. The molecule has 1 aromatic carbocycles. The quantitative estimate of drug-likeness (QED) is 0.609. The highest BCUT2D eigenvalue weighted by atomic mass is 32.2. The molecule has 4 rings (SSSR count). The summed E-state index contributed by atoms with van der Waals surface area (Å²) >= 11 is 1.26. The standard InChI is InChI=1S/C20H18N4O4S2/c1-13(25)14-5-7-15(8-6-14)30(27,28)24-11-9-16-18(12-24)29-20(22-16)23-19(26)17-4-2-3-10-21-17/h2-8,10H,9,11-12H2,1H3,(H,22,23,26). The van der Waals surface area contributed by atoms with Crippen LogP contribution in [0.3, 0.4) is 0 Å².